The first-order valence-corrected chi connectivity index (χ1v) is 9.13. The van der Waals surface area contributed by atoms with E-state index in [1.807, 2.05) is 0 Å². The van der Waals surface area contributed by atoms with Crippen molar-refractivity contribution in [3.05, 3.63) is 35.9 Å². The molecule has 16 heavy (non-hydrogen) atoms. The molecule has 1 aromatic rings. The van der Waals surface area contributed by atoms with Gasteiger partial charge in [-0.25, -0.2) is 0 Å². The molecule has 0 spiro atoms. The zero-order valence-electron chi connectivity index (χ0n) is 11.5. The molecule has 0 N–H and O–H groups in total. The molecule has 1 aromatic carbocycles. The van der Waals surface area contributed by atoms with Gasteiger partial charge in [-0.15, -0.1) is 0 Å². The van der Waals surface area contributed by atoms with Gasteiger partial charge in [0.25, 0.3) is 0 Å². The Bertz CT molecular complexity index is 292. The van der Waals surface area contributed by atoms with Crippen molar-refractivity contribution < 1.29 is 0 Å². The molecule has 0 radical (unpaired) electrons. The molecule has 1 rings (SSSR count). The first kappa shape index (κ1) is 13.7. The molecule has 0 nitrogen and oxygen atoms in total. The minimum absolute atomic E-state index is 0.873. The molecule has 92 valence electrons. The number of hydrogen-bond donors (Lipinski definition) is 0. The van der Waals surface area contributed by atoms with Crippen LogP contribution in [0, 0.1) is 0 Å². The Morgan fingerprint density at radius 2 is 1.44 bits per heavy atom. The second-order valence-corrected chi connectivity index (χ2v) is 11.4. The van der Waals surface area contributed by atoms with E-state index in [0.717, 1.165) is 11.3 Å². The molecule has 0 aromatic heterocycles. The van der Waals surface area contributed by atoms with Crippen LogP contribution in [0.4, 0.5) is 0 Å². The van der Waals surface area contributed by atoms with Crippen molar-refractivity contribution in [3.8, 4) is 0 Å². The second kappa shape index (κ2) is 5.82. The van der Waals surface area contributed by atoms with Crippen molar-refractivity contribution in [1.29, 1.82) is 0 Å². The summed E-state index contributed by atoms with van der Waals surface area (Å²) in [7, 11) is -1.17. The van der Waals surface area contributed by atoms with Crippen LogP contribution < -0.4 is 0 Å². The Kier molecular flexibility index (Phi) is 4.99. The molecule has 0 heterocycles. The molecule has 0 atom stereocenters. The Labute approximate surface area is 102 Å². The van der Waals surface area contributed by atoms with E-state index < -0.39 is 7.26 Å². The van der Waals surface area contributed by atoms with Gasteiger partial charge in [0.2, 0.25) is 0 Å². The summed E-state index contributed by atoms with van der Waals surface area (Å²) in [5.41, 5.74) is 3.29. The van der Waals surface area contributed by atoms with Crippen LogP contribution in [-0.2, 0) is 6.16 Å². The van der Waals surface area contributed by atoms with Gasteiger partial charge < -0.3 is 0 Å². The maximum absolute atomic E-state index is 2.43. The van der Waals surface area contributed by atoms with E-state index >= 15 is 0 Å². The van der Waals surface area contributed by atoms with Crippen LogP contribution in [0.3, 0.4) is 0 Å². The fourth-order valence-corrected chi connectivity index (χ4v) is 8.02. The van der Waals surface area contributed by atoms with Crippen LogP contribution in [0.2, 0.25) is 0 Å². The molecule has 0 amide bonds. The predicted molar refractivity (Wildman–Crippen MR) is 79.3 cm³/mol. The monoisotopic (exact) mass is 238 g/mol. The zero-order valence-corrected chi connectivity index (χ0v) is 12.5. The SMILES string of the molecule is CC[PH](Cc1ccccc1)(C(C)C)C(C)C. The molecule has 0 aliphatic rings. The molecule has 0 aliphatic carbocycles. The average molecular weight is 238 g/mol. The van der Waals surface area contributed by atoms with E-state index in [-0.39, 0.29) is 0 Å². The second-order valence-electron chi connectivity index (χ2n) is 5.56. The normalized spacial score (nSPS) is 13.4. The van der Waals surface area contributed by atoms with Gasteiger partial charge in [-0.3, -0.25) is 0 Å². The first-order chi connectivity index (χ1) is 7.53. The van der Waals surface area contributed by atoms with E-state index in [1.54, 1.807) is 5.56 Å². The number of hydrogen-bond acceptors (Lipinski definition) is 0. The summed E-state index contributed by atoms with van der Waals surface area (Å²) in [6.07, 6.45) is 2.75. The Morgan fingerprint density at radius 3 is 1.81 bits per heavy atom. The van der Waals surface area contributed by atoms with Gasteiger partial charge in [0.05, 0.1) is 0 Å². The molecule has 0 saturated carbocycles. The maximum atomic E-state index is 2.43. The topological polar surface area (TPSA) is 0 Å². The van der Waals surface area contributed by atoms with Crippen molar-refractivity contribution in [1.82, 2.24) is 0 Å². The van der Waals surface area contributed by atoms with Gasteiger partial charge in [-0.2, -0.15) is 0 Å². The van der Waals surface area contributed by atoms with E-state index in [2.05, 4.69) is 65.0 Å². The standard InChI is InChI=1S/C15H27P/c1-6-16(13(2)3,14(4)5)12-15-10-8-7-9-11-15/h7-11,13-14,16H,6,12H2,1-5H3. The fraction of sp³-hybridized carbons (Fsp3) is 0.600. The summed E-state index contributed by atoms with van der Waals surface area (Å²) in [5, 5.41) is 0. The van der Waals surface area contributed by atoms with Gasteiger partial charge in [0.15, 0.2) is 0 Å². The van der Waals surface area contributed by atoms with E-state index in [4.69, 9.17) is 0 Å². The van der Waals surface area contributed by atoms with Gasteiger partial charge in [-0.1, -0.05) is 0 Å². The van der Waals surface area contributed by atoms with Crippen LogP contribution in [0.25, 0.3) is 0 Å². The Balaban J connectivity index is 2.95. The van der Waals surface area contributed by atoms with Crippen molar-refractivity contribution in [2.45, 2.75) is 52.1 Å². The quantitative estimate of drug-likeness (QED) is 0.648. The van der Waals surface area contributed by atoms with Crippen molar-refractivity contribution in [2.24, 2.45) is 0 Å². The van der Waals surface area contributed by atoms with Crippen molar-refractivity contribution in [2.75, 3.05) is 6.16 Å². The summed E-state index contributed by atoms with van der Waals surface area (Å²) in [5.74, 6) is 0. The van der Waals surface area contributed by atoms with Crippen molar-refractivity contribution in [3.63, 3.8) is 0 Å². The van der Waals surface area contributed by atoms with E-state index in [9.17, 15) is 0 Å². The summed E-state index contributed by atoms with van der Waals surface area (Å²) < 4.78 is 0. The Morgan fingerprint density at radius 1 is 0.938 bits per heavy atom. The van der Waals surface area contributed by atoms with Gasteiger partial charge in [0, 0.05) is 0 Å². The summed E-state index contributed by atoms with van der Waals surface area (Å²) in [6.45, 7) is 12.1. The third-order valence-corrected chi connectivity index (χ3v) is 11.3. The molecular formula is C15H27P. The van der Waals surface area contributed by atoms with Crippen LogP contribution in [0.5, 0.6) is 0 Å². The van der Waals surface area contributed by atoms with Crippen LogP contribution >= 0.6 is 7.26 Å². The first-order valence-electron chi connectivity index (χ1n) is 6.57. The molecule has 0 saturated heterocycles. The van der Waals surface area contributed by atoms with E-state index in [0.29, 0.717) is 0 Å². The zero-order chi connectivity index (χ0) is 12.2. The molecular weight excluding hydrogens is 211 g/mol. The molecule has 0 unspecified atom stereocenters. The Hall–Kier alpha value is -0.350. The fourth-order valence-electron chi connectivity index (χ4n) is 2.99. The van der Waals surface area contributed by atoms with Gasteiger partial charge in [-0.05, 0) is 0 Å². The molecule has 0 bridgehead atoms. The molecule has 1 heteroatoms. The average Bonchev–Trinajstić information content (AvgIpc) is 2.26. The summed E-state index contributed by atoms with van der Waals surface area (Å²) in [6, 6.07) is 11.0. The minimum atomic E-state index is -1.17. The summed E-state index contributed by atoms with van der Waals surface area (Å²) >= 11 is 0. The van der Waals surface area contributed by atoms with Gasteiger partial charge in [0.1, 0.15) is 0 Å². The third-order valence-electron chi connectivity index (χ3n) is 4.33. The van der Waals surface area contributed by atoms with E-state index in [1.165, 1.54) is 12.3 Å². The molecule has 0 fully saturated rings. The van der Waals surface area contributed by atoms with Crippen LogP contribution in [0.1, 0.15) is 40.2 Å². The third kappa shape index (κ3) is 2.86. The van der Waals surface area contributed by atoms with Crippen LogP contribution in [-0.4, -0.2) is 17.5 Å². The van der Waals surface area contributed by atoms with Gasteiger partial charge >= 0.3 is 101 Å². The van der Waals surface area contributed by atoms with Crippen LogP contribution in [0.15, 0.2) is 30.3 Å². The number of benzene rings is 1. The predicted octanol–water partition coefficient (Wildman–Crippen LogP) is 4.77. The molecule has 0 aliphatic heterocycles. The van der Waals surface area contributed by atoms with Crippen molar-refractivity contribution >= 4 is 7.26 Å². The number of rotatable bonds is 5. The summed E-state index contributed by atoms with van der Waals surface area (Å²) in [4.78, 5) is 0.